The van der Waals surface area contributed by atoms with E-state index in [1.807, 2.05) is 12.4 Å². The van der Waals surface area contributed by atoms with E-state index in [9.17, 15) is 0 Å². The molecular formula is C28H36AlClN2O2. The fraction of sp³-hybridized carbons (Fsp3) is 0.500. The number of nitrogens with zero attached hydrogens (tertiary/aromatic N) is 2. The molecule has 1 heterocycles. The molecule has 0 N–H and O–H groups in total. The second-order valence-electron chi connectivity index (χ2n) is 11.4. The third kappa shape index (κ3) is 5.70. The second kappa shape index (κ2) is 10.1. The highest BCUT2D eigenvalue weighted by Gasteiger charge is 2.37. The molecule has 0 spiro atoms. The fourth-order valence-electron chi connectivity index (χ4n) is 4.76. The minimum absolute atomic E-state index is 0.108. The lowest BCUT2D eigenvalue weighted by Gasteiger charge is -2.27. The number of fused-ring (bicyclic) bond motifs is 3. The SMILES string of the molecule is CC(C)(C)c1cccc2c1[O][Al]([Cl])[O]c1c(cccc1C(C)(C)C)C=N[C@@H]1CCCC[C@H]1N=C2. The van der Waals surface area contributed by atoms with Crippen molar-refractivity contribution < 1.29 is 7.58 Å². The summed E-state index contributed by atoms with van der Waals surface area (Å²) in [5, 5.41) is 0. The van der Waals surface area contributed by atoms with Gasteiger partial charge in [0.1, 0.15) is 0 Å². The first-order chi connectivity index (χ1) is 16.0. The van der Waals surface area contributed by atoms with E-state index in [0.29, 0.717) is 0 Å². The number of rotatable bonds is 0. The van der Waals surface area contributed by atoms with E-state index in [-0.39, 0.29) is 22.9 Å². The zero-order chi connectivity index (χ0) is 24.5. The highest BCUT2D eigenvalue weighted by Crippen LogP contribution is 2.37. The Morgan fingerprint density at radius 2 is 1.15 bits per heavy atom. The number of hydrogen-bond acceptors (Lipinski definition) is 4. The highest BCUT2D eigenvalue weighted by atomic mass is 35.6. The molecular weight excluding hydrogens is 459 g/mol. The van der Waals surface area contributed by atoms with Crippen LogP contribution in [0, 0.1) is 0 Å². The number of benzene rings is 2. The van der Waals surface area contributed by atoms with Gasteiger partial charge in [0.05, 0.1) is 23.6 Å². The average Bonchev–Trinajstić information content (AvgIpc) is 2.77. The van der Waals surface area contributed by atoms with Crippen molar-refractivity contribution in [1.29, 1.82) is 0 Å². The molecule has 6 heteroatoms. The summed E-state index contributed by atoms with van der Waals surface area (Å²) in [4.78, 5) is 10.0. The van der Waals surface area contributed by atoms with Crippen LogP contribution in [-0.2, 0) is 10.8 Å². The van der Waals surface area contributed by atoms with Crippen LogP contribution in [0.25, 0.3) is 0 Å². The van der Waals surface area contributed by atoms with Crippen molar-refractivity contribution in [1.82, 2.24) is 0 Å². The summed E-state index contributed by atoms with van der Waals surface area (Å²) in [7, 11) is 6.88. The van der Waals surface area contributed by atoms with Crippen LogP contribution in [0.15, 0.2) is 46.4 Å². The van der Waals surface area contributed by atoms with Gasteiger partial charge in [-0.3, -0.25) is 9.98 Å². The van der Waals surface area contributed by atoms with Crippen LogP contribution in [0.4, 0.5) is 0 Å². The van der Waals surface area contributed by atoms with Crippen molar-refractivity contribution in [3.8, 4) is 11.5 Å². The molecule has 0 saturated heterocycles. The van der Waals surface area contributed by atoms with Gasteiger partial charge >= 0.3 is 13.9 Å². The Bertz CT molecular complexity index is 999. The van der Waals surface area contributed by atoms with Crippen molar-refractivity contribution in [3.05, 3.63) is 58.7 Å². The summed E-state index contributed by atoms with van der Waals surface area (Å²) in [5.41, 5.74) is 3.89. The van der Waals surface area contributed by atoms with Gasteiger partial charge in [0.15, 0.2) is 0 Å². The normalized spacial score (nSPS) is 21.1. The smallest absolute Gasteiger partial charge is 0.599 e. The van der Waals surface area contributed by atoms with Crippen LogP contribution in [0.2, 0.25) is 0 Å². The van der Waals surface area contributed by atoms with E-state index in [1.54, 1.807) is 0 Å². The zero-order valence-electron chi connectivity index (χ0n) is 21.3. The van der Waals surface area contributed by atoms with Crippen LogP contribution in [0.3, 0.4) is 0 Å². The summed E-state index contributed by atoms with van der Waals surface area (Å²) in [6.07, 6.45) is 8.39. The summed E-state index contributed by atoms with van der Waals surface area (Å²) in [5.74, 6) is 1.57. The number of aliphatic imine (C=N–C) groups is 2. The van der Waals surface area contributed by atoms with Gasteiger partial charge in [0, 0.05) is 23.6 Å². The molecule has 4 nitrogen and oxygen atoms in total. The van der Waals surface area contributed by atoms with Crippen molar-refractivity contribution in [2.45, 2.75) is 90.1 Å². The van der Waals surface area contributed by atoms with Crippen LogP contribution < -0.4 is 7.58 Å². The van der Waals surface area contributed by atoms with Gasteiger partial charge in [-0.15, -0.1) is 0 Å². The maximum absolute atomic E-state index is 6.88. The summed E-state index contributed by atoms with van der Waals surface area (Å²) in [6, 6.07) is 12.8. The minimum Gasteiger partial charge on any atom is -0.599 e. The molecule has 1 saturated carbocycles. The fourth-order valence-corrected chi connectivity index (χ4v) is 6.24. The molecule has 4 rings (SSSR count). The third-order valence-corrected chi connectivity index (χ3v) is 8.01. The van der Waals surface area contributed by atoms with E-state index in [0.717, 1.165) is 46.6 Å². The van der Waals surface area contributed by atoms with E-state index >= 15 is 0 Å². The molecule has 180 valence electrons. The first kappa shape index (κ1) is 25.3. The van der Waals surface area contributed by atoms with Gasteiger partial charge in [0.25, 0.3) is 0 Å². The van der Waals surface area contributed by atoms with Crippen molar-refractivity contribution in [3.63, 3.8) is 0 Å². The van der Waals surface area contributed by atoms with Gasteiger partial charge in [-0.1, -0.05) is 78.6 Å². The lowest BCUT2D eigenvalue weighted by Crippen LogP contribution is -2.28. The average molecular weight is 495 g/mol. The molecule has 1 aliphatic carbocycles. The van der Waals surface area contributed by atoms with E-state index in [1.165, 1.54) is 12.8 Å². The maximum atomic E-state index is 6.88. The zero-order valence-corrected chi connectivity index (χ0v) is 23.2. The third-order valence-electron chi connectivity index (χ3n) is 6.63. The number of hydrogen-bond donors (Lipinski definition) is 0. The van der Waals surface area contributed by atoms with Crippen molar-refractivity contribution in [2.75, 3.05) is 0 Å². The van der Waals surface area contributed by atoms with E-state index < -0.39 is 13.9 Å². The number of para-hydroxylation sites is 2. The Kier molecular flexibility index (Phi) is 7.48. The quantitative estimate of drug-likeness (QED) is 0.366. The van der Waals surface area contributed by atoms with Crippen molar-refractivity contribution >= 4 is 36.4 Å². The van der Waals surface area contributed by atoms with Gasteiger partial charge in [-0.2, -0.15) is 10.0 Å². The lowest BCUT2D eigenvalue weighted by atomic mass is 9.85. The van der Waals surface area contributed by atoms with Gasteiger partial charge in [0.2, 0.25) is 0 Å². The molecule has 0 unspecified atom stereocenters. The molecule has 2 aromatic rings. The summed E-state index contributed by atoms with van der Waals surface area (Å²) >= 11 is -2.63. The Balaban J connectivity index is 1.88. The summed E-state index contributed by atoms with van der Waals surface area (Å²) in [6.45, 7) is 13.1. The highest BCUT2D eigenvalue weighted by molar-refractivity contribution is 7.00. The van der Waals surface area contributed by atoms with Crippen molar-refractivity contribution in [2.24, 2.45) is 9.98 Å². The topological polar surface area (TPSA) is 43.2 Å². The molecule has 0 amide bonds. The maximum Gasteiger partial charge on any atom is 0.999 e. The predicted octanol–water partition coefficient (Wildman–Crippen LogP) is 7.13. The molecule has 0 bridgehead atoms. The van der Waals surface area contributed by atoms with Crippen LogP contribution >= 0.6 is 10.0 Å². The Morgan fingerprint density at radius 1 is 0.735 bits per heavy atom. The first-order valence-electron chi connectivity index (χ1n) is 12.3. The minimum atomic E-state index is -2.63. The molecule has 2 atom stereocenters. The van der Waals surface area contributed by atoms with Gasteiger partial charge in [-0.25, -0.2) is 0 Å². The molecule has 34 heavy (non-hydrogen) atoms. The second-order valence-corrected chi connectivity index (χ2v) is 13.5. The Morgan fingerprint density at radius 3 is 1.53 bits per heavy atom. The van der Waals surface area contributed by atoms with E-state index in [2.05, 4.69) is 77.9 Å². The molecule has 1 fully saturated rings. The van der Waals surface area contributed by atoms with Crippen LogP contribution in [-0.4, -0.2) is 38.4 Å². The molecule has 0 aromatic heterocycles. The Hall–Kier alpha value is -1.80. The molecule has 1 aliphatic heterocycles. The Labute approximate surface area is 213 Å². The van der Waals surface area contributed by atoms with Gasteiger partial charge < -0.3 is 7.58 Å². The van der Waals surface area contributed by atoms with Gasteiger partial charge in [-0.05, 0) is 46.9 Å². The summed E-state index contributed by atoms with van der Waals surface area (Å²) < 4.78 is 12.9. The molecule has 2 aliphatic rings. The molecule has 0 radical (unpaired) electrons. The van der Waals surface area contributed by atoms with Crippen LogP contribution in [0.5, 0.6) is 11.5 Å². The molecule has 2 aromatic carbocycles. The van der Waals surface area contributed by atoms with E-state index in [4.69, 9.17) is 27.6 Å². The van der Waals surface area contributed by atoms with Crippen LogP contribution in [0.1, 0.15) is 89.5 Å². The predicted molar refractivity (Wildman–Crippen MR) is 144 cm³/mol. The monoisotopic (exact) mass is 494 g/mol. The standard InChI is InChI=1S/C28H38N2O2.Al.ClH/c1-27(2,3)21-13-9-11-19(25(21)31)17-29-23-15-7-8-16-24(23)30-18-20-12-10-14-22(26(20)32)28(4,5)6;;/h9-14,17-18,23-24,31-32H,7-8,15-16H2,1-6H3;;1H/q;+3;/p-3/t23-,24-;;/m1../s1. The first-order valence-corrected chi connectivity index (χ1v) is 15.0. The number of halogens is 1. The lowest BCUT2D eigenvalue weighted by molar-refractivity contribution is 0.390. The largest absolute Gasteiger partial charge is 0.999 e.